The Morgan fingerprint density at radius 3 is 2.26 bits per heavy atom. The first-order valence-electron chi connectivity index (χ1n) is 15.3. The molecule has 8 atom stereocenters. The van der Waals surface area contributed by atoms with Gasteiger partial charge in [-0.1, -0.05) is 31.9 Å². The molecule has 204 valence electrons. The van der Waals surface area contributed by atoms with Crippen molar-refractivity contribution in [2.45, 2.75) is 114 Å². The molecular formula is C31H42N4O3. The highest BCUT2D eigenvalue weighted by molar-refractivity contribution is 5.81. The van der Waals surface area contributed by atoms with Crippen molar-refractivity contribution < 1.29 is 9.90 Å². The lowest BCUT2D eigenvalue weighted by Crippen LogP contribution is -2.59. The van der Waals surface area contributed by atoms with Crippen molar-refractivity contribution in [3.05, 3.63) is 34.6 Å². The Kier molecular flexibility index (Phi) is 6.25. The Bertz CT molecular complexity index is 1250. The second-order valence-corrected chi connectivity index (χ2v) is 13.1. The van der Waals surface area contributed by atoms with Gasteiger partial charge in [0.2, 0.25) is 0 Å². The van der Waals surface area contributed by atoms with E-state index in [9.17, 15) is 14.7 Å². The number of piperidine rings is 2. The number of nitrogens with zero attached hydrogens (tertiary/aromatic N) is 4. The van der Waals surface area contributed by atoms with Crippen molar-refractivity contribution >= 4 is 22.8 Å². The zero-order valence-corrected chi connectivity index (χ0v) is 22.7. The highest BCUT2D eigenvalue weighted by Gasteiger charge is 2.46. The van der Waals surface area contributed by atoms with Crippen molar-refractivity contribution in [1.82, 2.24) is 14.5 Å². The van der Waals surface area contributed by atoms with E-state index in [2.05, 4.69) is 11.8 Å². The summed E-state index contributed by atoms with van der Waals surface area (Å²) in [5.41, 5.74) is 1.57. The summed E-state index contributed by atoms with van der Waals surface area (Å²) in [4.78, 5) is 35.2. The number of para-hydroxylation sites is 2. The van der Waals surface area contributed by atoms with Gasteiger partial charge in [0.15, 0.2) is 5.82 Å². The van der Waals surface area contributed by atoms with E-state index in [0.29, 0.717) is 36.9 Å². The van der Waals surface area contributed by atoms with Crippen molar-refractivity contribution in [2.24, 2.45) is 17.8 Å². The minimum atomic E-state index is -0.873. The predicted molar refractivity (Wildman–Crippen MR) is 149 cm³/mol. The Morgan fingerprint density at radius 1 is 0.921 bits per heavy atom. The SMILES string of the molecule is CCC1C[C@@H]2CC(N3[C@@H]4CCC[C@H]3CC(n3c(=O)c(N5CC[C@@H]5C(=O)O)nc5ccccc53)C4)C[C@H](C1)C2. The van der Waals surface area contributed by atoms with E-state index in [1.54, 1.807) is 4.90 Å². The van der Waals surface area contributed by atoms with Crippen LogP contribution in [-0.4, -0.2) is 56.2 Å². The van der Waals surface area contributed by atoms with Crippen LogP contribution in [0.25, 0.3) is 11.0 Å². The van der Waals surface area contributed by atoms with Crippen LogP contribution in [0.5, 0.6) is 0 Å². The van der Waals surface area contributed by atoms with Crippen LogP contribution in [0.15, 0.2) is 29.1 Å². The topological polar surface area (TPSA) is 78.7 Å². The fourth-order valence-corrected chi connectivity index (χ4v) is 9.31. The predicted octanol–water partition coefficient (Wildman–Crippen LogP) is 5.22. The molecule has 2 aromatic rings. The van der Waals surface area contributed by atoms with Crippen LogP contribution >= 0.6 is 0 Å². The standard InChI is InChI=1S/C31H42N4O3/c1-2-19-12-20-14-21(13-19)16-24(15-20)34-22-6-5-7-23(34)18-25(17-22)35-27-9-4-3-8-26(27)32-29(30(35)36)33-11-10-28(33)31(37)38/h3-4,8-9,19-25,28H,2,5-7,10-18H2,1H3,(H,37,38)/t19?,20-,21+,22-,23+,24?,25?,28-/m1/s1. The van der Waals surface area contributed by atoms with E-state index in [4.69, 9.17) is 4.98 Å². The van der Waals surface area contributed by atoms with Gasteiger partial charge in [-0.05, 0) is 94.1 Å². The molecule has 0 spiro atoms. The Morgan fingerprint density at radius 2 is 1.63 bits per heavy atom. The second kappa shape index (κ2) is 9.65. The molecule has 1 aromatic carbocycles. The Labute approximate surface area is 225 Å². The molecule has 3 aliphatic heterocycles. The molecule has 2 saturated carbocycles. The first-order chi connectivity index (χ1) is 18.5. The molecule has 0 amide bonds. The lowest BCUT2D eigenvalue weighted by Gasteiger charge is -2.56. The summed E-state index contributed by atoms with van der Waals surface area (Å²) in [6.07, 6.45) is 14.7. The zero-order chi connectivity index (χ0) is 26.0. The summed E-state index contributed by atoms with van der Waals surface area (Å²) >= 11 is 0. The van der Waals surface area contributed by atoms with Crippen LogP contribution in [-0.2, 0) is 4.79 Å². The molecule has 7 nitrogen and oxygen atoms in total. The number of benzene rings is 1. The Hall–Kier alpha value is -2.41. The van der Waals surface area contributed by atoms with E-state index in [-0.39, 0.29) is 11.6 Å². The van der Waals surface area contributed by atoms with Crippen LogP contribution < -0.4 is 10.5 Å². The lowest BCUT2D eigenvalue weighted by atomic mass is 9.64. The van der Waals surface area contributed by atoms with Crippen molar-refractivity contribution in [2.75, 3.05) is 11.4 Å². The first-order valence-corrected chi connectivity index (χ1v) is 15.3. The maximum absolute atomic E-state index is 14.0. The molecule has 7 heteroatoms. The molecular weight excluding hydrogens is 476 g/mol. The Balaban J connectivity index is 1.20. The smallest absolute Gasteiger partial charge is 0.326 e. The molecule has 4 heterocycles. The molecule has 1 aromatic heterocycles. The molecule has 1 N–H and O–H groups in total. The molecule has 2 aliphatic carbocycles. The van der Waals surface area contributed by atoms with Gasteiger partial charge in [0, 0.05) is 30.7 Å². The number of carboxylic acids is 1. The van der Waals surface area contributed by atoms with E-state index in [1.165, 1.54) is 57.8 Å². The van der Waals surface area contributed by atoms with E-state index in [1.807, 2.05) is 28.8 Å². The highest BCUT2D eigenvalue weighted by Crippen LogP contribution is 2.49. The fourth-order valence-electron chi connectivity index (χ4n) is 9.31. The number of hydrogen-bond donors (Lipinski definition) is 1. The van der Waals surface area contributed by atoms with Gasteiger partial charge in [0.1, 0.15) is 6.04 Å². The van der Waals surface area contributed by atoms with E-state index < -0.39 is 12.0 Å². The number of anilines is 1. The van der Waals surface area contributed by atoms with Crippen LogP contribution in [0.2, 0.25) is 0 Å². The van der Waals surface area contributed by atoms with Gasteiger partial charge in [-0.15, -0.1) is 0 Å². The minimum Gasteiger partial charge on any atom is -0.480 e. The van der Waals surface area contributed by atoms with Crippen LogP contribution in [0.4, 0.5) is 5.82 Å². The average Bonchev–Trinajstić information content (AvgIpc) is 2.87. The van der Waals surface area contributed by atoms with Gasteiger partial charge >= 0.3 is 5.97 Å². The normalized spacial score (nSPS) is 37.1. The van der Waals surface area contributed by atoms with E-state index >= 15 is 0 Å². The third kappa shape index (κ3) is 4.07. The fraction of sp³-hybridized carbons (Fsp3) is 0.710. The van der Waals surface area contributed by atoms with Gasteiger partial charge in [-0.25, -0.2) is 9.78 Å². The lowest BCUT2D eigenvalue weighted by molar-refractivity contribution is -0.140. The summed E-state index contributed by atoms with van der Waals surface area (Å²) in [6.45, 7) is 2.95. The highest BCUT2D eigenvalue weighted by atomic mass is 16.4. The molecule has 3 saturated heterocycles. The van der Waals surface area contributed by atoms with Gasteiger partial charge in [0.25, 0.3) is 5.56 Å². The summed E-state index contributed by atoms with van der Waals surface area (Å²) in [6, 6.07) is 9.21. The van der Waals surface area contributed by atoms with Gasteiger partial charge < -0.3 is 14.6 Å². The van der Waals surface area contributed by atoms with Crippen LogP contribution in [0, 0.1) is 17.8 Å². The number of aromatic nitrogens is 2. The third-order valence-corrected chi connectivity index (χ3v) is 10.9. The molecule has 3 unspecified atom stereocenters. The summed E-state index contributed by atoms with van der Waals surface area (Å²) in [5, 5.41) is 9.65. The minimum absolute atomic E-state index is 0.107. The van der Waals surface area contributed by atoms with Gasteiger partial charge in [-0.3, -0.25) is 9.69 Å². The molecule has 4 bridgehead atoms. The average molecular weight is 519 g/mol. The molecule has 7 rings (SSSR count). The number of rotatable bonds is 5. The maximum atomic E-state index is 14.0. The van der Waals surface area contributed by atoms with Crippen molar-refractivity contribution in [3.8, 4) is 0 Å². The number of aliphatic carboxylic acids is 1. The van der Waals surface area contributed by atoms with Gasteiger partial charge in [0.05, 0.1) is 11.0 Å². The van der Waals surface area contributed by atoms with Crippen molar-refractivity contribution in [3.63, 3.8) is 0 Å². The third-order valence-electron chi connectivity index (χ3n) is 10.9. The molecule has 5 fully saturated rings. The van der Waals surface area contributed by atoms with Crippen LogP contribution in [0.3, 0.4) is 0 Å². The summed E-state index contributed by atoms with van der Waals surface area (Å²) < 4.78 is 2.01. The molecule has 5 aliphatic rings. The largest absolute Gasteiger partial charge is 0.480 e. The molecule has 38 heavy (non-hydrogen) atoms. The van der Waals surface area contributed by atoms with E-state index in [0.717, 1.165) is 41.6 Å². The summed E-state index contributed by atoms with van der Waals surface area (Å²) in [5.74, 6) is 2.20. The quantitative estimate of drug-likeness (QED) is 0.585. The number of carbonyl (C=O) groups is 1. The number of carboxylic acid groups (broad SMARTS) is 1. The van der Waals surface area contributed by atoms with Crippen LogP contribution in [0.1, 0.15) is 90.0 Å². The van der Waals surface area contributed by atoms with Crippen molar-refractivity contribution in [1.29, 1.82) is 0 Å². The second-order valence-electron chi connectivity index (χ2n) is 13.1. The number of hydrogen-bond acceptors (Lipinski definition) is 5. The zero-order valence-electron chi connectivity index (χ0n) is 22.7. The maximum Gasteiger partial charge on any atom is 0.326 e. The number of fused-ring (bicyclic) bond motifs is 5. The molecule has 0 radical (unpaired) electrons. The summed E-state index contributed by atoms with van der Waals surface area (Å²) in [7, 11) is 0. The van der Waals surface area contributed by atoms with Gasteiger partial charge in [-0.2, -0.15) is 0 Å². The monoisotopic (exact) mass is 518 g/mol. The first kappa shape index (κ1) is 24.6.